The average Bonchev–Trinajstić information content (AvgIpc) is 1.81. The van der Waals surface area contributed by atoms with Gasteiger partial charge in [0.05, 0.1) is 55.4 Å². The van der Waals surface area contributed by atoms with Gasteiger partial charge in [-0.05, 0) is 0 Å². The molecule has 0 aromatic heterocycles. The van der Waals surface area contributed by atoms with E-state index in [4.69, 9.17) is 0 Å². The Kier molecular flexibility index (Phi) is 4.89. The van der Waals surface area contributed by atoms with Gasteiger partial charge in [0.15, 0.2) is 0 Å². The summed E-state index contributed by atoms with van der Waals surface area (Å²) in [4.78, 5) is 0. The van der Waals surface area contributed by atoms with Gasteiger partial charge >= 0.3 is 0 Å². The van der Waals surface area contributed by atoms with Crippen LogP contribution in [0.1, 0.15) is 0 Å². The van der Waals surface area contributed by atoms with Crippen molar-refractivity contribution in [2.75, 3.05) is 68.5 Å². The van der Waals surface area contributed by atoms with Crippen molar-refractivity contribution in [1.29, 1.82) is 0 Å². The minimum Gasteiger partial charge on any atom is -0.330 e. The molecule has 0 spiro atoms. The lowest BCUT2D eigenvalue weighted by molar-refractivity contribution is -0.871. The van der Waals surface area contributed by atoms with E-state index < -0.39 is 0 Å². The quantitative estimate of drug-likeness (QED) is 0.458. The van der Waals surface area contributed by atoms with Gasteiger partial charge in [-0.25, -0.2) is 0 Å². The molecule has 0 fully saturated rings. The van der Waals surface area contributed by atoms with Crippen molar-refractivity contribution in [2.45, 2.75) is 0 Å². The van der Waals surface area contributed by atoms with Gasteiger partial charge in [0.25, 0.3) is 0 Å². The molecule has 3 nitrogen and oxygen atoms in total. The van der Waals surface area contributed by atoms with Gasteiger partial charge in [0.2, 0.25) is 0 Å². The van der Waals surface area contributed by atoms with Gasteiger partial charge in [0.1, 0.15) is 0 Å². The third kappa shape index (κ3) is 11.9. The number of rotatable bonds is 6. The maximum absolute atomic E-state index is 3.47. The minimum atomic E-state index is 1.04. The smallest absolute Gasteiger partial charge is 0.0907 e. The molecule has 1 N–H and O–H groups in total. The average molecular weight is 189 g/mol. The Balaban J connectivity index is 3.28. The minimum absolute atomic E-state index is 1.04. The topological polar surface area (TPSA) is 12.0 Å². The van der Waals surface area contributed by atoms with Gasteiger partial charge in [-0.15, -0.1) is 0 Å². The van der Waals surface area contributed by atoms with Crippen LogP contribution in [0.3, 0.4) is 0 Å². The highest BCUT2D eigenvalue weighted by Crippen LogP contribution is 1.88. The number of nitrogens with zero attached hydrogens (tertiary/aromatic N) is 2. The van der Waals surface area contributed by atoms with Gasteiger partial charge in [-0.2, -0.15) is 0 Å². The SMILES string of the molecule is C[N+](C)(C)CCNCC[N+](C)(C)C. The predicted octanol–water partition coefficient (Wildman–Crippen LogP) is -0.0116. The monoisotopic (exact) mass is 189 g/mol. The third-order valence-electron chi connectivity index (χ3n) is 1.92. The van der Waals surface area contributed by atoms with E-state index in [9.17, 15) is 0 Å². The highest BCUT2D eigenvalue weighted by molar-refractivity contribution is 4.44. The second-order valence-electron chi connectivity index (χ2n) is 5.78. The summed E-state index contributed by atoms with van der Waals surface area (Å²) in [5.74, 6) is 0. The fourth-order valence-corrected chi connectivity index (χ4v) is 0.954. The molecular weight excluding hydrogens is 162 g/mol. The van der Waals surface area contributed by atoms with E-state index in [1.54, 1.807) is 0 Å². The molecule has 0 amide bonds. The number of likely N-dealkylation sites (N-methyl/N-ethyl adjacent to an activating group) is 2. The molecule has 80 valence electrons. The van der Waals surface area contributed by atoms with Crippen LogP contribution in [0.15, 0.2) is 0 Å². The Labute approximate surface area is 83.5 Å². The fourth-order valence-electron chi connectivity index (χ4n) is 0.954. The highest BCUT2D eigenvalue weighted by Gasteiger charge is 2.07. The maximum Gasteiger partial charge on any atom is 0.0907 e. The van der Waals surface area contributed by atoms with Gasteiger partial charge in [0, 0.05) is 13.1 Å². The number of hydrogen-bond acceptors (Lipinski definition) is 1. The van der Waals surface area contributed by atoms with Crippen LogP contribution in [0.2, 0.25) is 0 Å². The first-order valence-electron chi connectivity index (χ1n) is 5.02. The molecule has 0 unspecified atom stereocenters. The van der Waals surface area contributed by atoms with Crippen LogP contribution in [-0.4, -0.2) is 77.4 Å². The second kappa shape index (κ2) is 4.94. The molecule has 0 aromatic rings. The lowest BCUT2D eigenvalue weighted by atomic mass is 10.4. The molecule has 0 rings (SSSR count). The summed E-state index contributed by atoms with van der Waals surface area (Å²) in [7, 11) is 13.3. The van der Waals surface area contributed by atoms with Crippen LogP contribution in [0.25, 0.3) is 0 Å². The van der Waals surface area contributed by atoms with Crippen LogP contribution in [-0.2, 0) is 0 Å². The summed E-state index contributed by atoms with van der Waals surface area (Å²) in [5.41, 5.74) is 0. The van der Waals surface area contributed by atoms with Crippen LogP contribution < -0.4 is 5.32 Å². The molecule has 0 radical (unpaired) electrons. The first kappa shape index (κ1) is 12.9. The zero-order chi connectivity index (χ0) is 10.5. The second-order valence-corrected chi connectivity index (χ2v) is 5.78. The zero-order valence-electron chi connectivity index (χ0n) is 10.2. The van der Waals surface area contributed by atoms with Crippen LogP contribution in [0, 0.1) is 0 Å². The molecule has 3 heteroatoms. The Hall–Kier alpha value is -0.120. The lowest BCUT2D eigenvalue weighted by Gasteiger charge is -2.26. The Bertz CT molecular complexity index is 114. The molecule has 0 aromatic carbocycles. The highest BCUT2D eigenvalue weighted by atomic mass is 15.3. The summed E-state index contributed by atoms with van der Waals surface area (Å²) in [6.07, 6.45) is 0. The fraction of sp³-hybridized carbons (Fsp3) is 1.00. The summed E-state index contributed by atoms with van der Waals surface area (Å²) in [5, 5.41) is 3.47. The standard InChI is InChI=1S/C10H27N3/c1-12(2,3)9-7-11-8-10-13(4,5)6/h11H,7-10H2,1-6H3/q+2. The number of quaternary nitrogens is 2. The molecule has 0 heterocycles. The van der Waals surface area contributed by atoms with Crippen molar-refractivity contribution < 1.29 is 8.97 Å². The summed E-state index contributed by atoms with van der Waals surface area (Å²) >= 11 is 0. The van der Waals surface area contributed by atoms with Crippen LogP contribution in [0.5, 0.6) is 0 Å². The molecule has 0 saturated heterocycles. The van der Waals surface area contributed by atoms with Gasteiger partial charge in [-0.1, -0.05) is 0 Å². The normalized spacial score (nSPS) is 13.4. The molecular formula is C10H27N3+2. The van der Waals surface area contributed by atoms with Crippen molar-refractivity contribution in [1.82, 2.24) is 5.32 Å². The van der Waals surface area contributed by atoms with E-state index in [2.05, 4.69) is 47.6 Å². The molecule has 0 atom stereocenters. The molecule has 0 saturated carbocycles. The Morgan fingerprint density at radius 1 is 0.692 bits per heavy atom. The summed E-state index contributed by atoms with van der Waals surface area (Å²) in [6.45, 7) is 4.61. The summed E-state index contributed by atoms with van der Waals surface area (Å²) in [6, 6.07) is 0. The molecule has 13 heavy (non-hydrogen) atoms. The first-order chi connectivity index (χ1) is 5.71. The Morgan fingerprint density at radius 3 is 1.23 bits per heavy atom. The van der Waals surface area contributed by atoms with Crippen molar-refractivity contribution in [3.63, 3.8) is 0 Å². The van der Waals surface area contributed by atoms with E-state index in [0.717, 1.165) is 22.1 Å². The van der Waals surface area contributed by atoms with Gasteiger partial charge in [-0.3, -0.25) is 0 Å². The largest absolute Gasteiger partial charge is 0.330 e. The number of hydrogen-bond donors (Lipinski definition) is 1. The van der Waals surface area contributed by atoms with E-state index in [0.29, 0.717) is 0 Å². The maximum atomic E-state index is 3.47. The van der Waals surface area contributed by atoms with E-state index in [1.165, 1.54) is 13.1 Å². The van der Waals surface area contributed by atoms with Crippen molar-refractivity contribution in [3.8, 4) is 0 Å². The van der Waals surface area contributed by atoms with E-state index in [-0.39, 0.29) is 0 Å². The Morgan fingerprint density at radius 2 is 1.00 bits per heavy atom. The molecule has 0 aliphatic heterocycles. The van der Waals surface area contributed by atoms with Gasteiger partial charge < -0.3 is 14.3 Å². The van der Waals surface area contributed by atoms with E-state index >= 15 is 0 Å². The molecule has 0 aliphatic carbocycles. The summed E-state index contributed by atoms with van der Waals surface area (Å²) < 4.78 is 2.08. The van der Waals surface area contributed by atoms with Crippen LogP contribution >= 0.6 is 0 Å². The van der Waals surface area contributed by atoms with E-state index in [1.807, 2.05) is 0 Å². The lowest BCUT2D eigenvalue weighted by Crippen LogP contribution is -2.44. The predicted molar refractivity (Wildman–Crippen MR) is 58.7 cm³/mol. The molecule has 0 bridgehead atoms. The first-order valence-corrected chi connectivity index (χ1v) is 5.02. The van der Waals surface area contributed by atoms with Crippen molar-refractivity contribution in [2.24, 2.45) is 0 Å². The molecule has 0 aliphatic rings. The van der Waals surface area contributed by atoms with Crippen molar-refractivity contribution >= 4 is 0 Å². The van der Waals surface area contributed by atoms with Crippen LogP contribution in [0.4, 0.5) is 0 Å². The number of nitrogens with one attached hydrogen (secondary N) is 1. The van der Waals surface area contributed by atoms with Crippen molar-refractivity contribution in [3.05, 3.63) is 0 Å². The third-order valence-corrected chi connectivity index (χ3v) is 1.92. The zero-order valence-corrected chi connectivity index (χ0v) is 10.2.